The van der Waals surface area contributed by atoms with Gasteiger partial charge in [-0.3, -0.25) is 0 Å². The van der Waals surface area contributed by atoms with Crippen LogP contribution in [0.5, 0.6) is 0 Å². The van der Waals surface area contributed by atoms with E-state index in [9.17, 15) is 0 Å². The second kappa shape index (κ2) is 1.59. The van der Waals surface area contributed by atoms with E-state index >= 15 is 0 Å². The van der Waals surface area contributed by atoms with Crippen molar-refractivity contribution in [3.05, 3.63) is 17.7 Å². The maximum Gasteiger partial charge on any atom is 0.241 e. The fourth-order valence-electron chi connectivity index (χ4n) is 1.53. The third-order valence-corrected chi connectivity index (χ3v) is 2.05. The molecule has 1 N–H and O–H groups in total. The molecule has 0 bridgehead atoms. The fourth-order valence-corrected chi connectivity index (χ4v) is 1.53. The molecule has 0 atom stereocenters. The van der Waals surface area contributed by atoms with Crippen LogP contribution in [-0.2, 0) is 19.9 Å². The Morgan fingerprint density at radius 2 is 2.44 bits per heavy atom. The summed E-state index contributed by atoms with van der Waals surface area (Å²) in [4.78, 5) is 3.25. The molecule has 0 aromatic carbocycles. The molecule has 0 unspecified atom stereocenters. The maximum absolute atomic E-state index is 3.25. The van der Waals surface area contributed by atoms with Crippen LogP contribution in [0.3, 0.4) is 0 Å². The number of imidazole rings is 1. The maximum atomic E-state index is 3.25. The molecule has 1 heterocycles. The quantitative estimate of drug-likeness (QED) is 0.480. The van der Waals surface area contributed by atoms with Crippen LogP contribution < -0.4 is 4.57 Å². The van der Waals surface area contributed by atoms with Gasteiger partial charge in [0.1, 0.15) is 11.4 Å². The number of H-pyrrole nitrogens is 1. The van der Waals surface area contributed by atoms with Gasteiger partial charge in [0.05, 0.1) is 7.05 Å². The predicted molar refractivity (Wildman–Crippen MR) is 34.0 cm³/mol. The molecule has 1 aromatic heterocycles. The molecular weight excluding hydrogens is 112 g/mol. The van der Waals surface area contributed by atoms with Crippen LogP contribution in [0, 0.1) is 0 Å². The average molecular weight is 123 g/mol. The van der Waals surface area contributed by atoms with E-state index in [2.05, 4.69) is 16.6 Å². The molecule has 1 aliphatic rings. The molecule has 0 radical (unpaired) electrons. The highest BCUT2D eigenvalue weighted by Crippen LogP contribution is 2.14. The van der Waals surface area contributed by atoms with Gasteiger partial charge in [-0.2, -0.15) is 0 Å². The molecule has 2 nitrogen and oxygen atoms in total. The first kappa shape index (κ1) is 5.03. The van der Waals surface area contributed by atoms with Crippen molar-refractivity contribution in [1.82, 2.24) is 4.98 Å². The largest absolute Gasteiger partial charge is 0.247 e. The van der Waals surface area contributed by atoms with Crippen molar-refractivity contribution in [2.75, 3.05) is 0 Å². The standard InChI is InChI=1S/C7H10N2/c1-9-5-8-6-3-2-4-7(6)9/h5H,2-4H2,1H3/p+1. The smallest absolute Gasteiger partial charge is 0.241 e. The van der Waals surface area contributed by atoms with Crippen LogP contribution >= 0.6 is 0 Å². The number of hydrogen-bond donors (Lipinski definition) is 1. The van der Waals surface area contributed by atoms with Crippen LogP contribution in [-0.4, -0.2) is 4.98 Å². The molecular formula is C7H11N2+. The van der Waals surface area contributed by atoms with Gasteiger partial charge in [-0.05, 0) is 6.42 Å². The minimum atomic E-state index is 1.25. The summed E-state index contributed by atoms with van der Waals surface area (Å²) in [5, 5.41) is 0. The van der Waals surface area contributed by atoms with E-state index < -0.39 is 0 Å². The minimum absolute atomic E-state index is 1.25. The number of aromatic nitrogens is 2. The van der Waals surface area contributed by atoms with E-state index in [1.165, 1.54) is 30.7 Å². The van der Waals surface area contributed by atoms with Crippen molar-refractivity contribution in [3.63, 3.8) is 0 Å². The highest BCUT2D eigenvalue weighted by molar-refractivity contribution is 5.11. The van der Waals surface area contributed by atoms with Crippen molar-refractivity contribution in [3.8, 4) is 0 Å². The summed E-state index contributed by atoms with van der Waals surface area (Å²) in [7, 11) is 2.10. The predicted octanol–water partition coefficient (Wildman–Crippen LogP) is 0.328. The molecule has 2 heteroatoms. The topological polar surface area (TPSA) is 19.7 Å². The number of fused-ring (bicyclic) bond motifs is 1. The molecule has 0 saturated carbocycles. The lowest BCUT2D eigenvalue weighted by Crippen LogP contribution is -2.29. The number of aromatic amines is 1. The van der Waals surface area contributed by atoms with Crippen molar-refractivity contribution < 1.29 is 4.57 Å². The van der Waals surface area contributed by atoms with Gasteiger partial charge in [-0.25, -0.2) is 9.55 Å². The molecule has 0 spiro atoms. The zero-order valence-corrected chi connectivity index (χ0v) is 5.65. The van der Waals surface area contributed by atoms with Crippen molar-refractivity contribution >= 4 is 0 Å². The van der Waals surface area contributed by atoms with Crippen LogP contribution in [0.1, 0.15) is 17.8 Å². The van der Waals surface area contributed by atoms with Crippen LogP contribution in [0.25, 0.3) is 0 Å². The molecule has 9 heavy (non-hydrogen) atoms. The number of nitrogens with zero attached hydrogens (tertiary/aromatic N) is 1. The Bertz CT molecular complexity index is 225. The van der Waals surface area contributed by atoms with Gasteiger partial charge in [-0.1, -0.05) is 0 Å². The third-order valence-electron chi connectivity index (χ3n) is 2.05. The molecule has 0 saturated heterocycles. The lowest BCUT2D eigenvalue weighted by atomic mass is 10.4. The van der Waals surface area contributed by atoms with Gasteiger partial charge in [0.15, 0.2) is 0 Å². The van der Waals surface area contributed by atoms with Crippen LogP contribution in [0.2, 0.25) is 0 Å². The van der Waals surface area contributed by atoms with Crippen molar-refractivity contribution in [2.24, 2.45) is 7.05 Å². The van der Waals surface area contributed by atoms with Crippen molar-refractivity contribution in [2.45, 2.75) is 19.3 Å². The molecule has 1 aromatic rings. The molecule has 48 valence electrons. The average Bonchev–Trinajstić information content (AvgIpc) is 2.35. The van der Waals surface area contributed by atoms with Gasteiger partial charge in [0, 0.05) is 12.8 Å². The lowest BCUT2D eigenvalue weighted by Gasteiger charge is -1.84. The van der Waals surface area contributed by atoms with E-state index in [4.69, 9.17) is 0 Å². The Balaban J connectivity index is 2.56. The van der Waals surface area contributed by atoms with E-state index in [-0.39, 0.29) is 0 Å². The Morgan fingerprint density at radius 1 is 1.56 bits per heavy atom. The first-order chi connectivity index (χ1) is 4.38. The number of rotatable bonds is 0. The first-order valence-corrected chi connectivity index (χ1v) is 3.42. The minimum Gasteiger partial charge on any atom is -0.247 e. The van der Waals surface area contributed by atoms with Gasteiger partial charge >= 0.3 is 0 Å². The molecule has 0 fully saturated rings. The second-order valence-corrected chi connectivity index (χ2v) is 2.66. The third kappa shape index (κ3) is 0.590. The van der Waals surface area contributed by atoms with Gasteiger partial charge in [0.25, 0.3) is 0 Å². The number of aryl methyl sites for hydroxylation is 2. The van der Waals surface area contributed by atoms with Crippen LogP contribution in [0.4, 0.5) is 0 Å². The summed E-state index contributed by atoms with van der Waals surface area (Å²) in [5.74, 6) is 0. The Labute approximate surface area is 54.5 Å². The van der Waals surface area contributed by atoms with E-state index in [0.29, 0.717) is 0 Å². The molecule has 0 amide bonds. The summed E-state index contributed by atoms with van der Waals surface area (Å²) in [6.07, 6.45) is 5.87. The highest BCUT2D eigenvalue weighted by Gasteiger charge is 2.20. The van der Waals surface area contributed by atoms with Crippen molar-refractivity contribution in [1.29, 1.82) is 0 Å². The molecule has 1 aliphatic carbocycles. The second-order valence-electron chi connectivity index (χ2n) is 2.66. The summed E-state index contributed by atoms with van der Waals surface area (Å²) >= 11 is 0. The zero-order valence-electron chi connectivity index (χ0n) is 5.65. The summed E-state index contributed by atoms with van der Waals surface area (Å²) in [6, 6.07) is 0. The normalized spacial score (nSPS) is 16.1. The lowest BCUT2D eigenvalue weighted by molar-refractivity contribution is -0.677. The molecule has 2 rings (SSSR count). The molecule has 0 aliphatic heterocycles. The first-order valence-electron chi connectivity index (χ1n) is 3.42. The van der Waals surface area contributed by atoms with E-state index in [0.717, 1.165) is 0 Å². The van der Waals surface area contributed by atoms with E-state index in [1.807, 2.05) is 6.33 Å². The number of nitrogens with one attached hydrogen (secondary N) is 1. The monoisotopic (exact) mass is 123 g/mol. The van der Waals surface area contributed by atoms with Gasteiger partial charge < -0.3 is 0 Å². The van der Waals surface area contributed by atoms with Gasteiger partial charge in [-0.15, -0.1) is 0 Å². The summed E-state index contributed by atoms with van der Waals surface area (Å²) in [5.41, 5.74) is 2.94. The Kier molecular flexibility index (Phi) is 0.891. The summed E-state index contributed by atoms with van der Waals surface area (Å²) < 4.78 is 2.18. The van der Waals surface area contributed by atoms with E-state index in [1.54, 1.807) is 0 Å². The Hall–Kier alpha value is -0.790. The van der Waals surface area contributed by atoms with Gasteiger partial charge in [0.2, 0.25) is 6.33 Å². The zero-order chi connectivity index (χ0) is 6.27. The summed E-state index contributed by atoms with van der Waals surface area (Å²) in [6.45, 7) is 0. The Morgan fingerprint density at radius 3 is 3.22 bits per heavy atom. The number of hydrogen-bond acceptors (Lipinski definition) is 0. The van der Waals surface area contributed by atoms with Crippen LogP contribution in [0.15, 0.2) is 6.33 Å². The highest BCUT2D eigenvalue weighted by atomic mass is 15.0. The fraction of sp³-hybridized carbons (Fsp3) is 0.571. The SMILES string of the molecule is C[n+]1c[nH]c2c1CCC2.